The van der Waals surface area contributed by atoms with E-state index in [1.807, 2.05) is 17.9 Å². The van der Waals surface area contributed by atoms with Crippen LogP contribution in [0.4, 0.5) is 0 Å². The molecule has 2 aromatic rings. The number of carbonyl (C=O) groups excluding carboxylic acids is 1. The van der Waals surface area contributed by atoms with Crippen molar-refractivity contribution in [1.82, 2.24) is 20.1 Å². The van der Waals surface area contributed by atoms with Crippen molar-refractivity contribution in [3.8, 4) is 5.88 Å². The third kappa shape index (κ3) is 2.95. The summed E-state index contributed by atoms with van der Waals surface area (Å²) in [7, 11) is 0. The van der Waals surface area contributed by atoms with Gasteiger partial charge in [0.2, 0.25) is 5.88 Å². The first-order chi connectivity index (χ1) is 10.8. The number of amides is 1. The Labute approximate surface area is 129 Å². The van der Waals surface area contributed by atoms with Gasteiger partial charge in [-0.1, -0.05) is 0 Å². The molecule has 1 atom stereocenters. The lowest BCUT2D eigenvalue weighted by Gasteiger charge is -2.32. The Bertz CT molecular complexity index is 627. The summed E-state index contributed by atoms with van der Waals surface area (Å²) < 4.78 is 5.47. The minimum atomic E-state index is -0.0132. The van der Waals surface area contributed by atoms with E-state index in [4.69, 9.17) is 4.74 Å². The number of aromatic amines is 1. The number of ether oxygens (including phenoxy) is 1. The second kappa shape index (κ2) is 6.60. The molecular weight excluding hydrogens is 280 g/mol. The number of hydrogen-bond acceptors (Lipinski definition) is 4. The third-order valence-electron chi connectivity index (χ3n) is 3.95. The van der Waals surface area contributed by atoms with Gasteiger partial charge in [-0.15, -0.1) is 0 Å². The minimum Gasteiger partial charge on any atom is -0.477 e. The molecule has 0 spiro atoms. The largest absolute Gasteiger partial charge is 0.477 e. The minimum absolute atomic E-state index is 0.0132. The number of rotatable bonds is 4. The molecule has 0 aliphatic carbocycles. The summed E-state index contributed by atoms with van der Waals surface area (Å²) in [6.45, 7) is 3.84. The Kier molecular flexibility index (Phi) is 4.37. The van der Waals surface area contributed by atoms with Crippen LogP contribution in [0, 0.1) is 0 Å². The van der Waals surface area contributed by atoms with Crippen LogP contribution in [0.2, 0.25) is 0 Å². The number of likely N-dealkylation sites (tertiary alicyclic amines) is 1. The van der Waals surface area contributed by atoms with Crippen molar-refractivity contribution in [3.63, 3.8) is 0 Å². The molecule has 22 heavy (non-hydrogen) atoms. The second-order valence-corrected chi connectivity index (χ2v) is 5.39. The molecular formula is C16H20N4O2. The molecule has 116 valence electrons. The molecule has 1 N–H and O–H groups in total. The highest BCUT2D eigenvalue weighted by atomic mass is 16.5. The maximum Gasteiger partial charge on any atom is 0.259 e. The first kappa shape index (κ1) is 14.6. The Morgan fingerprint density at radius 2 is 2.36 bits per heavy atom. The molecule has 0 aromatic carbocycles. The number of aromatic nitrogens is 3. The lowest BCUT2D eigenvalue weighted by atomic mass is 9.94. The van der Waals surface area contributed by atoms with Gasteiger partial charge in [-0.25, -0.2) is 4.98 Å². The van der Waals surface area contributed by atoms with Gasteiger partial charge in [0.1, 0.15) is 5.56 Å². The lowest BCUT2D eigenvalue weighted by molar-refractivity contribution is 0.0700. The normalized spacial score (nSPS) is 18.2. The summed E-state index contributed by atoms with van der Waals surface area (Å²) in [6, 6.07) is 5.53. The quantitative estimate of drug-likeness (QED) is 0.940. The van der Waals surface area contributed by atoms with E-state index in [1.54, 1.807) is 24.5 Å². The Morgan fingerprint density at radius 3 is 3.14 bits per heavy atom. The number of carbonyl (C=O) groups is 1. The fourth-order valence-corrected chi connectivity index (χ4v) is 2.89. The van der Waals surface area contributed by atoms with Crippen LogP contribution < -0.4 is 4.74 Å². The van der Waals surface area contributed by atoms with E-state index in [2.05, 4.69) is 15.2 Å². The van der Waals surface area contributed by atoms with Crippen molar-refractivity contribution in [2.45, 2.75) is 25.7 Å². The number of pyridine rings is 1. The van der Waals surface area contributed by atoms with Gasteiger partial charge in [-0.3, -0.25) is 9.89 Å². The molecule has 3 heterocycles. The molecule has 0 radical (unpaired) electrons. The Morgan fingerprint density at radius 1 is 1.45 bits per heavy atom. The van der Waals surface area contributed by atoms with Gasteiger partial charge in [0, 0.05) is 37.1 Å². The van der Waals surface area contributed by atoms with Crippen molar-refractivity contribution < 1.29 is 9.53 Å². The lowest BCUT2D eigenvalue weighted by Crippen LogP contribution is -2.39. The molecule has 1 saturated heterocycles. The summed E-state index contributed by atoms with van der Waals surface area (Å²) >= 11 is 0. The van der Waals surface area contributed by atoms with Crippen molar-refractivity contribution in [3.05, 3.63) is 41.9 Å². The van der Waals surface area contributed by atoms with Crippen molar-refractivity contribution >= 4 is 5.91 Å². The van der Waals surface area contributed by atoms with Crippen LogP contribution in [0.1, 0.15) is 41.7 Å². The first-order valence-corrected chi connectivity index (χ1v) is 7.66. The van der Waals surface area contributed by atoms with Crippen LogP contribution in [0.25, 0.3) is 0 Å². The molecule has 2 aromatic heterocycles. The zero-order chi connectivity index (χ0) is 15.4. The Balaban J connectivity index is 1.77. The van der Waals surface area contributed by atoms with Gasteiger partial charge in [0.15, 0.2) is 0 Å². The van der Waals surface area contributed by atoms with Crippen molar-refractivity contribution in [2.24, 2.45) is 0 Å². The standard InChI is InChI=1S/C16H20N4O2/c1-2-22-15-13(6-3-8-17-15)16(21)20-10-4-5-12(11-20)14-7-9-18-19-14/h3,6-9,12H,2,4-5,10-11H2,1H3,(H,18,19)/t12-/m0/s1. The molecule has 1 aliphatic rings. The molecule has 0 bridgehead atoms. The van der Waals surface area contributed by atoms with E-state index in [9.17, 15) is 4.79 Å². The summed E-state index contributed by atoms with van der Waals surface area (Å²) in [6.07, 6.45) is 5.45. The van der Waals surface area contributed by atoms with Crippen LogP contribution in [0.3, 0.4) is 0 Å². The SMILES string of the molecule is CCOc1ncccc1C(=O)N1CCC[C@H](c2ccn[nH]2)C1. The molecule has 1 fully saturated rings. The van der Waals surface area contributed by atoms with Gasteiger partial charge in [0.25, 0.3) is 5.91 Å². The molecule has 3 rings (SSSR count). The summed E-state index contributed by atoms with van der Waals surface area (Å²) in [5, 5.41) is 7.02. The first-order valence-electron chi connectivity index (χ1n) is 7.66. The monoisotopic (exact) mass is 300 g/mol. The predicted octanol–water partition coefficient (Wildman–Crippen LogP) is 2.22. The van der Waals surface area contributed by atoms with Gasteiger partial charge in [-0.2, -0.15) is 5.10 Å². The zero-order valence-corrected chi connectivity index (χ0v) is 12.7. The smallest absolute Gasteiger partial charge is 0.259 e. The van der Waals surface area contributed by atoms with Gasteiger partial charge < -0.3 is 9.64 Å². The zero-order valence-electron chi connectivity index (χ0n) is 12.7. The van der Waals surface area contributed by atoms with Gasteiger partial charge >= 0.3 is 0 Å². The third-order valence-corrected chi connectivity index (χ3v) is 3.95. The predicted molar refractivity (Wildman–Crippen MR) is 81.9 cm³/mol. The van der Waals surface area contributed by atoms with Crippen molar-refractivity contribution in [1.29, 1.82) is 0 Å². The van der Waals surface area contributed by atoms with Crippen LogP contribution in [-0.4, -0.2) is 45.7 Å². The Hall–Kier alpha value is -2.37. The number of hydrogen-bond donors (Lipinski definition) is 1. The van der Waals surface area contributed by atoms with Gasteiger partial charge in [-0.05, 0) is 38.0 Å². The van der Waals surface area contributed by atoms with E-state index in [1.165, 1.54) is 0 Å². The highest BCUT2D eigenvalue weighted by molar-refractivity contribution is 5.96. The van der Waals surface area contributed by atoms with E-state index in [-0.39, 0.29) is 5.91 Å². The molecule has 0 saturated carbocycles. The van der Waals surface area contributed by atoms with Crippen molar-refractivity contribution in [2.75, 3.05) is 19.7 Å². The van der Waals surface area contributed by atoms with Crippen LogP contribution in [0.5, 0.6) is 5.88 Å². The summed E-state index contributed by atoms with van der Waals surface area (Å²) in [5.41, 5.74) is 1.63. The number of nitrogens with zero attached hydrogens (tertiary/aromatic N) is 3. The van der Waals surface area contributed by atoms with E-state index in [0.29, 0.717) is 30.5 Å². The second-order valence-electron chi connectivity index (χ2n) is 5.39. The molecule has 0 unspecified atom stereocenters. The van der Waals surface area contributed by atoms with Crippen LogP contribution >= 0.6 is 0 Å². The number of H-pyrrole nitrogens is 1. The fraction of sp³-hybridized carbons (Fsp3) is 0.438. The molecule has 6 nitrogen and oxygen atoms in total. The van der Waals surface area contributed by atoms with Gasteiger partial charge in [0.05, 0.1) is 6.61 Å². The van der Waals surface area contributed by atoms with Crippen LogP contribution in [0.15, 0.2) is 30.6 Å². The fourth-order valence-electron chi connectivity index (χ4n) is 2.89. The van der Waals surface area contributed by atoms with E-state index in [0.717, 1.165) is 25.1 Å². The van der Waals surface area contributed by atoms with E-state index >= 15 is 0 Å². The van der Waals surface area contributed by atoms with E-state index < -0.39 is 0 Å². The molecule has 6 heteroatoms. The number of piperidine rings is 1. The average Bonchev–Trinajstić information content (AvgIpc) is 3.10. The average molecular weight is 300 g/mol. The molecule has 1 amide bonds. The number of nitrogens with one attached hydrogen (secondary N) is 1. The van der Waals surface area contributed by atoms with Crippen LogP contribution in [-0.2, 0) is 0 Å². The maximum atomic E-state index is 12.8. The highest BCUT2D eigenvalue weighted by Crippen LogP contribution is 2.27. The summed E-state index contributed by atoms with van der Waals surface area (Å²) in [5.74, 6) is 0.715. The summed E-state index contributed by atoms with van der Waals surface area (Å²) in [4.78, 5) is 18.8. The molecule has 1 aliphatic heterocycles. The topological polar surface area (TPSA) is 71.1 Å². The maximum absolute atomic E-state index is 12.8. The highest BCUT2D eigenvalue weighted by Gasteiger charge is 2.27.